The molecule has 0 saturated carbocycles. The van der Waals surface area contributed by atoms with Crippen molar-refractivity contribution in [3.8, 4) is 11.1 Å². The average molecular weight is 241 g/mol. The number of thiophene rings is 1. The minimum absolute atomic E-state index is 0.608. The number of aromatic nitrogens is 2. The molecule has 3 rings (SSSR count). The van der Waals surface area contributed by atoms with Crippen molar-refractivity contribution >= 4 is 27.2 Å². The number of rotatable bonds is 1. The van der Waals surface area contributed by atoms with Gasteiger partial charge < -0.3 is 5.73 Å². The Morgan fingerprint density at radius 2 is 2.00 bits per heavy atom. The molecule has 17 heavy (non-hydrogen) atoms. The van der Waals surface area contributed by atoms with Crippen LogP contribution in [0.15, 0.2) is 36.1 Å². The van der Waals surface area contributed by atoms with Crippen LogP contribution in [-0.4, -0.2) is 9.97 Å². The molecule has 3 aromatic rings. The molecular formula is C13H11N3S. The van der Waals surface area contributed by atoms with E-state index in [0.717, 1.165) is 16.5 Å². The molecule has 84 valence electrons. The second-order valence-corrected chi connectivity index (χ2v) is 4.80. The molecule has 0 spiro atoms. The smallest absolute Gasteiger partial charge is 0.132 e. The first-order valence-corrected chi connectivity index (χ1v) is 6.18. The topological polar surface area (TPSA) is 51.8 Å². The third kappa shape index (κ3) is 1.57. The van der Waals surface area contributed by atoms with Crippen LogP contribution in [0.3, 0.4) is 0 Å². The molecule has 3 heterocycles. The highest BCUT2D eigenvalue weighted by Crippen LogP contribution is 2.36. The number of nitrogens with two attached hydrogens (primary N) is 1. The van der Waals surface area contributed by atoms with Crippen molar-refractivity contribution in [3.63, 3.8) is 0 Å². The predicted molar refractivity (Wildman–Crippen MR) is 72.0 cm³/mol. The molecule has 4 heteroatoms. The van der Waals surface area contributed by atoms with E-state index in [1.807, 2.05) is 18.3 Å². The number of hydrogen-bond donors (Lipinski definition) is 1. The van der Waals surface area contributed by atoms with Crippen LogP contribution in [-0.2, 0) is 0 Å². The lowest BCUT2D eigenvalue weighted by Gasteiger charge is -2.04. The van der Waals surface area contributed by atoms with Gasteiger partial charge in [0.05, 0.1) is 0 Å². The molecule has 0 aromatic carbocycles. The maximum absolute atomic E-state index is 5.93. The number of nitrogen functional groups attached to an aromatic ring is 1. The highest BCUT2D eigenvalue weighted by atomic mass is 32.1. The third-order valence-corrected chi connectivity index (χ3v) is 3.93. The summed E-state index contributed by atoms with van der Waals surface area (Å²) in [5, 5.41) is 3.19. The van der Waals surface area contributed by atoms with Crippen molar-refractivity contribution in [2.75, 3.05) is 5.73 Å². The Balaban J connectivity index is 2.36. The van der Waals surface area contributed by atoms with Gasteiger partial charge in [-0.1, -0.05) is 0 Å². The highest BCUT2D eigenvalue weighted by Gasteiger charge is 2.11. The van der Waals surface area contributed by atoms with Crippen LogP contribution >= 0.6 is 11.3 Å². The van der Waals surface area contributed by atoms with E-state index >= 15 is 0 Å². The molecular weight excluding hydrogens is 230 g/mol. The minimum atomic E-state index is 0.608. The first kappa shape index (κ1) is 10.2. The second kappa shape index (κ2) is 3.82. The Labute approximate surface area is 103 Å². The Morgan fingerprint density at radius 1 is 1.24 bits per heavy atom. The predicted octanol–water partition coefficient (Wildman–Crippen LogP) is 3.25. The quantitative estimate of drug-likeness (QED) is 0.711. The van der Waals surface area contributed by atoms with Crippen LogP contribution in [0.1, 0.15) is 5.56 Å². The second-order valence-electron chi connectivity index (χ2n) is 3.92. The summed E-state index contributed by atoms with van der Waals surface area (Å²) < 4.78 is 1.20. The molecule has 3 aromatic heterocycles. The lowest BCUT2D eigenvalue weighted by Crippen LogP contribution is -1.92. The van der Waals surface area contributed by atoms with Gasteiger partial charge in [0, 0.05) is 34.2 Å². The highest BCUT2D eigenvalue weighted by molar-refractivity contribution is 7.18. The summed E-state index contributed by atoms with van der Waals surface area (Å²) in [5.41, 5.74) is 9.36. The van der Waals surface area contributed by atoms with Crippen molar-refractivity contribution < 1.29 is 0 Å². The van der Waals surface area contributed by atoms with E-state index in [2.05, 4.69) is 22.3 Å². The number of pyridine rings is 2. The van der Waals surface area contributed by atoms with Gasteiger partial charge in [0.15, 0.2) is 0 Å². The summed E-state index contributed by atoms with van der Waals surface area (Å²) in [6.07, 6.45) is 5.42. The number of aryl methyl sites for hydroxylation is 1. The fraction of sp³-hybridized carbons (Fsp3) is 0.0769. The molecule has 2 N–H and O–H groups in total. The average Bonchev–Trinajstić information content (AvgIpc) is 2.74. The number of fused-ring (bicyclic) bond motifs is 1. The largest absolute Gasteiger partial charge is 0.383 e. The Morgan fingerprint density at radius 3 is 2.76 bits per heavy atom. The van der Waals surface area contributed by atoms with Gasteiger partial charge in [-0.2, -0.15) is 0 Å². The van der Waals surface area contributed by atoms with Crippen LogP contribution in [0, 0.1) is 6.92 Å². The molecule has 3 nitrogen and oxygen atoms in total. The molecule has 0 unspecified atom stereocenters. The van der Waals surface area contributed by atoms with Crippen LogP contribution in [0.5, 0.6) is 0 Å². The first-order chi connectivity index (χ1) is 8.27. The van der Waals surface area contributed by atoms with E-state index in [1.54, 1.807) is 23.7 Å². The standard InChI is InChI=1S/C13H11N3S/c1-8-7-17-12-10(6-16-13(14)11(8)12)9-2-4-15-5-3-9/h2-7H,1H3,(H2,14,16). The van der Waals surface area contributed by atoms with E-state index in [9.17, 15) is 0 Å². The van der Waals surface area contributed by atoms with Crippen molar-refractivity contribution in [1.29, 1.82) is 0 Å². The summed E-state index contributed by atoms with van der Waals surface area (Å²) in [5.74, 6) is 0.608. The zero-order valence-corrected chi connectivity index (χ0v) is 10.2. The van der Waals surface area contributed by atoms with Gasteiger partial charge in [-0.3, -0.25) is 4.98 Å². The summed E-state index contributed by atoms with van der Waals surface area (Å²) in [7, 11) is 0. The molecule has 0 atom stereocenters. The van der Waals surface area contributed by atoms with Gasteiger partial charge in [-0.05, 0) is 35.6 Å². The van der Waals surface area contributed by atoms with Crippen LogP contribution in [0.2, 0.25) is 0 Å². The van der Waals surface area contributed by atoms with E-state index < -0.39 is 0 Å². The number of nitrogens with zero attached hydrogens (tertiary/aromatic N) is 2. The maximum atomic E-state index is 5.93. The Hall–Kier alpha value is -1.94. The van der Waals surface area contributed by atoms with Crippen molar-refractivity contribution in [3.05, 3.63) is 41.7 Å². The van der Waals surface area contributed by atoms with Gasteiger partial charge in [0.2, 0.25) is 0 Å². The zero-order valence-electron chi connectivity index (χ0n) is 9.34. The SMILES string of the molecule is Cc1csc2c(-c3ccncc3)cnc(N)c12. The summed E-state index contributed by atoms with van der Waals surface area (Å²) in [6, 6.07) is 3.98. The number of hydrogen-bond acceptors (Lipinski definition) is 4. The van der Waals surface area contributed by atoms with E-state index in [1.165, 1.54) is 10.3 Å². The minimum Gasteiger partial charge on any atom is -0.383 e. The fourth-order valence-corrected chi connectivity index (χ4v) is 3.05. The maximum Gasteiger partial charge on any atom is 0.132 e. The van der Waals surface area contributed by atoms with Crippen LogP contribution in [0.4, 0.5) is 5.82 Å². The number of anilines is 1. The lowest BCUT2D eigenvalue weighted by molar-refractivity contribution is 1.32. The van der Waals surface area contributed by atoms with Gasteiger partial charge in [-0.15, -0.1) is 11.3 Å². The summed E-state index contributed by atoms with van der Waals surface area (Å²) >= 11 is 1.71. The molecule has 0 aliphatic heterocycles. The van der Waals surface area contributed by atoms with Crippen molar-refractivity contribution in [2.24, 2.45) is 0 Å². The monoisotopic (exact) mass is 241 g/mol. The molecule has 0 amide bonds. The molecule has 0 aliphatic carbocycles. The third-order valence-electron chi connectivity index (χ3n) is 2.80. The molecule has 0 radical (unpaired) electrons. The molecule has 0 saturated heterocycles. The first-order valence-electron chi connectivity index (χ1n) is 5.30. The molecule has 0 bridgehead atoms. The molecule has 0 aliphatic rings. The normalized spacial score (nSPS) is 10.9. The van der Waals surface area contributed by atoms with Crippen molar-refractivity contribution in [1.82, 2.24) is 9.97 Å². The van der Waals surface area contributed by atoms with Gasteiger partial charge in [0.1, 0.15) is 5.82 Å². The lowest BCUT2D eigenvalue weighted by atomic mass is 10.1. The van der Waals surface area contributed by atoms with Crippen LogP contribution < -0.4 is 5.73 Å². The Bertz CT molecular complexity index is 674. The van der Waals surface area contributed by atoms with Gasteiger partial charge in [0.25, 0.3) is 0 Å². The van der Waals surface area contributed by atoms with Gasteiger partial charge >= 0.3 is 0 Å². The molecule has 0 fully saturated rings. The summed E-state index contributed by atoms with van der Waals surface area (Å²) in [4.78, 5) is 8.31. The Kier molecular flexibility index (Phi) is 2.30. The van der Waals surface area contributed by atoms with E-state index in [-0.39, 0.29) is 0 Å². The van der Waals surface area contributed by atoms with E-state index in [4.69, 9.17) is 5.73 Å². The van der Waals surface area contributed by atoms with Crippen molar-refractivity contribution in [2.45, 2.75) is 6.92 Å². The fourth-order valence-electron chi connectivity index (χ4n) is 1.96. The van der Waals surface area contributed by atoms with Crippen LogP contribution in [0.25, 0.3) is 21.2 Å². The van der Waals surface area contributed by atoms with Gasteiger partial charge in [-0.25, -0.2) is 4.98 Å². The summed E-state index contributed by atoms with van der Waals surface area (Å²) in [6.45, 7) is 2.06. The van der Waals surface area contributed by atoms with E-state index in [0.29, 0.717) is 5.82 Å². The zero-order chi connectivity index (χ0) is 11.8.